The summed E-state index contributed by atoms with van der Waals surface area (Å²) in [5.41, 5.74) is 1.70. The average Bonchev–Trinajstić information content (AvgIpc) is 2.66. The van der Waals surface area contributed by atoms with Crippen molar-refractivity contribution in [1.82, 2.24) is 9.97 Å². The third-order valence-corrected chi connectivity index (χ3v) is 2.31. The van der Waals surface area contributed by atoms with Crippen LogP contribution in [-0.4, -0.2) is 21.0 Å². The highest BCUT2D eigenvalue weighted by Crippen LogP contribution is 2.25. The van der Waals surface area contributed by atoms with Gasteiger partial charge in [0, 0.05) is 5.39 Å². The number of rotatable bonds is 1. The number of furan rings is 1. The molecule has 0 aliphatic heterocycles. The summed E-state index contributed by atoms with van der Waals surface area (Å²) < 4.78 is 5.47. The summed E-state index contributed by atoms with van der Waals surface area (Å²) in [6.07, 6.45) is 1.38. The minimum Gasteiger partial charge on any atom is -0.475 e. The van der Waals surface area contributed by atoms with Gasteiger partial charge >= 0.3 is 5.97 Å². The van der Waals surface area contributed by atoms with Crippen molar-refractivity contribution < 1.29 is 14.3 Å². The van der Waals surface area contributed by atoms with Gasteiger partial charge in [-0.2, -0.15) is 0 Å². The van der Waals surface area contributed by atoms with Crippen molar-refractivity contribution in [3.63, 3.8) is 0 Å². The molecule has 1 aromatic carbocycles. The number of hydrogen-bond acceptors (Lipinski definition) is 4. The Bertz CT molecular complexity index is 703. The second kappa shape index (κ2) is 3.03. The summed E-state index contributed by atoms with van der Waals surface area (Å²) >= 11 is 0. The van der Waals surface area contributed by atoms with Gasteiger partial charge in [0.05, 0.1) is 6.20 Å². The lowest BCUT2D eigenvalue weighted by atomic mass is 10.2. The number of nitrogens with zero attached hydrogens (tertiary/aromatic N) is 2. The molecule has 0 spiro atoms. The molecule has 0 aliphatic rings. The highest BCUT2D eigenvalue weighted by Gasteiger charge is 2.12. The molecule has 0 saturated carbocycles. The van der Waals surface area contributed by atoms with Gasteiger partial charge in [-0.15, -0.1) is 0 Å². The fourth-order valence-electron chi connectivity index (χ4n) is 1.61. The molecule has 0 atom stereocenters. The van der Waals surface area contributed by atoms with E-state index in [1.165, 1.54) is 6.20 Å². The largest absolute Gasteiger partial charge is 0.475 e. The van der Waals surface area contributed by atoms with Crippen molar-refractivity contribution >= 4 is 28.0 Å². The molecule has 3 rings (SSSR count). The minimum atomic E-state index is -1.15. The molecule has 3 aromatic rings. The van der Waals surface area contributed by atoms with Crippen LogP contribution < -0.4 is 0 Å². The SMILES string of the molecule is O=C(O)c1ncc2oc3ccccc3c2n1. The van der Waals surface area contributed by atoms with Crippen molar-refractivity contribution in [2.24, 2.45) is 0 Å². The van der Waals surface area contributed by atoms with Crippen molar-refractivity contribution in [2.45, 2.75) is 0 Å². The summed E-state index contributed by atoms with van der Waals surface area (Å²) in [5, 5.41) is 9.59. The van der Waals surface area contributed by atoms with Gasteiger partial charge in [0.15, 0.2) is 5.58 Å². The molecule has 0 saturated heterocycles. The Morgan fingerprint density at radius 2 is 2.06 bits per heavy atom. The van der Waals surface area contributed by atoms with E-state index in [1.807, 2.05) is 18.2 Å². The van der Waals surface area contributed by atoms with E-state index < -0.39 is 5.97 Å². The highest BCUT2D eigenvalue weighted by atomic mass is 16.4. The van der Waals surface area contributed by atoms with Gasteiger partial charge in [0.1, 0.15) is 11.1 Å². The first-order valence-corrected chi connectivity index (χ1v) is 4.63. The van der Waals surface area contributed by atoms with E-state index in [0.717, 1.165) is 5.39 Å². The Morgan fingerprint density at radius 1 is 1.25 bits per heavy atom. The van der Waals surface area contributed by atoms with Gasteiger partial charge in [-0.25, -0.2) is 14.8 Å². The normalized spacial score (nSPS) is 11.0. The van der Waals surface area contributed by atoms with Crippen LogP contribution in [0.3, 0.4) is 0 Å². The molecule has 0 bridgehead atoms. The zero-order chi connectivity index (χ0) is 11.1. The summed E-state index contributed by atoms with van der Waals surface area (Å²) in [6, 6.07) is 7.33. The van der Waals surface area contributed by atoms with Gasteiger partial charge < -0.3 is 9.52 Å². The molecule has 0 fully saturated rings. The molecule has 2 aromatic heterocycles. The Balaban J connectivity index is 2.44. The standard InChI is InChI=1S/C11H6N2O3/c14-11(15)10-12-5-8-9(13-10)6-3-1-2-4-7(6)16-8/h1-5H,(H,14,15). The summed E-state index contributed by atoms with van der Waals surface area (Å²) in [4.78, 5) is 18.4. The molecule has 78 valence electrons. The van der Waals surface area contributed by atoms with Crippen LogP contribution in [0.25, 0.3) is 22.1 Å². The van der Waals surface area contributed by atoms with E-state index in [1.54, 1.807) is 6.07 Å². The van der Waals surface area contributed by atoms with Crippen LogP contribution in [0.1, 0.15) is 10.6 Å². The van der Waals surface area contributed by atoms with Crippen molar-refractivity contribution in [2.75, 3.05) is 0 Å². The fraction of sp³-hybridized carbons (Fsp3) is 0. The molecular weight excluding hydrogens is 208 g/mol. The van der Waals surface area contributed by atoms with Gasteiger partial charge in [-0.05, 0) is 12.1 Å². The smallest absolute Gasteiger partial charge is 0.373 e. The molecule has 5 heteroatoms. The number of carboxylic acid groups (broad SMARTS) is 1. The Labute approximate surface area is 89.3 Å². The van der Waals surface area contributed by atoms with E-state index in [0.29, 0.717) is 16.7 Å². The van der Waals surface area contributed by atoms with E-state index in [-0.39, 0.29) is 5.82 Å². The third-order valence-electron chi connectivity index (χ3n) is 2.31. The second-order valence-corrected chi connectivity index (χ2v) is 3.31. The monoisotopic (exact) mass is 214 g/mol. The number of fused-ring (bicyclic) bond motifs is 3. The van der Waals surface area contributed by atoms with E-state index in [9.17, 15) is 4.79 Å². The number of carboxylic acids is 1. The van der Waals surface area contributed by atoms with Gasteiger partial charge in [0.2, 0.25) is 5.82 Å². The molecule has 0 unspecified atom stereocenters. The number of aromatic carboxylic acids is 1. The molecule has 0 amide bonds. The van der Waals surface area contributed by atoms with E-state index in [2.05, 4.69) is 9.97 Å². The first-order chi connectivity index (χ1) is 7.75. The molecule has 0 radical (unpaired) electrons. The highest BCUT2D eigenvalue weighted by molar-refractivity contribution is 6.02. The maximum atomic E-state index is 10.7. The van der Waals surface area contributed by atoms with Crippen molar-refractivity contribution in [3.8, 4) is 0 Å². The van der Waals surface area contributed by atoms with Crippen LogP contribution in [-0.2, 0) is 0 Å². The minimum absolute atomic E-state index is 0.223. The predicted octanol–water partition coefficient (Wildman–Crippen LogP) is 2.07. The summed E-state index contributed by atoms with van der Waals surface area (Å²) in [5.74, 6) is -1.37. The van der Waals surface area contributed by atoms with Crippen LogP contribution in [0.15, 0.2) is 34.9 Å². The summed E-state index contributed by atoms with van der Waals surface area (Å²) in [6.45, 7) is 0. The first-order valence-electron chi connectivity index (χ1n) is 4.63. The number of benzene rings is 1. The topological polar surface area (TPSA) is 76.2 Å². The molecule has 16 heavy (non-hydrogen) atoms. The third kappa shape index (κ3) is 1.15. The van der Waals surface area contributed by atoms with Crippen molar-refractivity contribution in [3.05, 3.63) is 36.3 Å². The molecule has 2 heterocycles. The lowest BCUT2D eigenvalue weighted by Crippen LogP contribution is -2.02. The first kappa shape index (κ1) is 8.84. The maximum absolute atomic E-state index is 10.7. The van der Waals surface area contributed by atoms with Crippen LogP contribution in [0.2, 0.25) is 0 Å². The van der Waals surface area contributed by atoms with Crippen LogP contribution in [0, 0.1) is 0 Å². The predicted molar refractivity (Wildman–Crippen MR) is 56.3 cm³/mol. The lowest BCUT2D eigenvalue weighted by molar-refractivity contribution is 0.0684. The van der Waals surface area contributed by atoms with Crippen molar-refractivity contribution in [1.29, 1.82) is 0 Å². The molecule has 5 nitrogen and oxygen atoms in total. The zero-order valence-corrected chi connectivity index (χ0v) is 8.04. The number of hydrogen-bond donors (Lipinski definition) is 1. The quantitative estimate of drug-likeness (QED) is 0.671. The zero-order valence-electron chi connectivity index (χ0n) is 8.04. The number of aromatic nitrogens is 2. The second-order valence-electron chi connectivity index (χ2n) is 3.31. The van der Waals surface area contributed by atoms with Crippen LogP contribution >= 0.6 is 0 Å². The van der Waals surface area contributed by atoms with Gasteiger partial charge in [-0.1, -0.05) is 12.1 Å². The van der Waals surface area contributed by atoms with Crippen LogP contribution in [0.5, 0.6) is 0 Å². The summed E-state index contributed by atoms with van der Waals surface area (Å²) in [7, 11) is 0. The number of para-hydroxylation sites is 1. The Kier molecular flexibility index (Phi) is 1.67. The van der Waals surface area contributed by atoms with Gasteiger partial charge in [0.25, 0.3) is 0 Å². The van der Waals surface area contributed by atoms with Crippen LogP contribution in [0.4, 0.5) is 0 Å². The average molecular weight is 214 g/mol. The molecule has 0 aliphatic carbocycles. The van der Waals surface area contributed by atoms with E-state index >= 15 is 0 Å². The fourth-order valence-corrected chi connectivity index (χ4v) is 1.61. The van der Waals surface area contributed by atoms with Gasteiger partial charge in [-0.3, -0.25) is 0 Å². The number of carbonyl (C=O) groups is 1. The Morgan fingerprint density at radius 3 is 2.88 bits per heavy atom. The molecular formula is C11H6N2O3. The Hall–Kier alpha value is -2.43. The maximum Gasteiger partial charge on any atom is 0.373 e. The van der Waals surface area contributed by atoms with E-state index in [4.69, 9.17) is 9.52 Å². The molecule has 1 N–H and O–H groups in total. The lowest BCUT2D eigenvalue weighted by Gasteiger charge is -1.91.